The molecule has 0 aliphatic carbocycles. The van der Waals surface area contributed by atoms with Crippen LogP contribution in [0.3, 0.4) is 0 Å². The first-order valence-electron chi connectivity index (χ1n) is 8.88. The standard InChI is InChI=1S/C19H28N4O2/c1-4-10-20-11-12-21-19(24)18-17(25-14-15(2)3)13-23(22-18)16-8-6-5-7-9-16/h5-9,13,15,20H,4,10-12,14H2,1-3H3,(H,21,24). The molecule has 0 radical (unpaired) electrons. The molecule has 25 heavy (non-hydrogen) atoms. The maximum atomic E-state index is 12.5. The molecule has 0 unspecified atom stereocenters. The molecule has 0 aliphatic rings. The predicted octanol–water partition coefficient (Wildman–Crippen LogP) is 2.64. The quantitative estimate of drug-likeness (QED) is 0.650. The van der Waals surface area contributed by atoms with Gasteiger partial charge in [0.1, 0.15) is 0 Å². The van der Waals surface area contributed by atoms with Crippen LogP contribution in [0, 0.1) is 5.92 Å². The monoisotopic (exact) mass is 344 g/mol. The number of aromatic nitrogens is 2. The zero-order valence-electron chi connectivity index (χ0n) is 15.3. The molecule has 0 saturated heterocycles. The highest BCUT2D eigenvalue weighted by atomic mass is 16.5. The molecule has 2 rings (SSSR count). The van der Waals surface area contributed by atoms with Crippen LogP contribution in [0.15, 0.2) is 36.5 Å². The van der Waals surface area contributed by atoms with E-state index in [2.05, 4.69) is 36.5 Å². The van der Waals surface area contributed by atoms with Crippen LogP contribution in [-0.2, 0) is 0 Å². The Morgan fingerprint density at radius 1 is 1.20 bits per heavy atom. The van der Waals surface area contributed by atoms with Crippen LogP contribution < -0.4 is 15.4 Å². The van der Waals surface area contributed by atoms with Crippen LogP contribution in [0.25, 0.3) is 5.69 Å². The van der Waals surface area contributed by atoms with Crippen molar-refractivity contribution in [2.24, 2.45) is 5.92 Å². The first kappa shape index (κ1) is 19.0. The molecule has 2 N–H and O–H groups in total. The molecular weight excluding hydrogens is 316 g/mol. The van der Waals surface area contributed by atoms with Crippen LogP contribution in [0.4, 0.5) is 0 Å². The number of amides is 1. The number of carbonyl (C=O) groups excluding carboxylic acids is 1. The Morgan fingerprint density at radius 3 is 2.64 bits per heavy atom. The molecule has 0 aliphatic heterocycles. The molecule has 1 aromatic heterocycles. The van der Waals surface area contributed by atoms with Crippen molar-refractivity contribution >= 4 is 5.91 Å². The Bertz CT molecular complexity index is 653. The largest absolute Gasteiger partial charge is 0.489 e. The fourth-order valence-electron chi connectivity index (χ4n) is 2.24. The molecule has 0 fully saturated rings. The van der Waals surface area contributed by atoms with Crippen LogP contribution >= 0.6 is 0 Å². The van der Waals surface area contributed by atoms with E-state index in [1.54, 1.807) is 10.9 Å². The molecule has 1 amide bonds. The number of hydrogen-bond donors (Lipinski definition) is 2. The van der Waals surface area contributed by atoms with Crippen molar-refractivity contribution in [2.45, 2.75) is 27.2 Å². The lowest BCUT2D eigenvalue weighted by molar-refractivity contribution is 0.0943. The van der Waals surface area contributed by atoms with Gasteiger partial charge in [0.25, 0.3) is 5.91 Å². The zero-order valence-corrected chi connectivity index (χ0v) is 15.3. The maximum Gasteiger partial charge on any atom is 0.275 e. The molecule has 0 bridgehead atoms. The number of rotatable bonds is 10. The number of carbonyl (C=O) groups is 1. The van der Waals surface area contributed by atoms with Gasteiger partial charge in [-0.1, -0.05) is 39.0 Å². The second kappa shape index (κ2) is 9.84. The highest BCUT2D eigenvalue weighted by Crippen LogP contribution is 2.20. The van der Waals surface area contributed by atoms with Gasteiger partial charge < -0.3 is 15.4 Å². The molecule has 1 aromatic carbocycles. The average molecular weight is 344 g/mol. The van der Waals surface area contributed by atoms with E-state index in [1.165, 1.54) is 0 Å². The summed E-state index contributed by atoms with van der Waals surface area (Å²) in [5.41, 5.74) is 1.21. The highest BCUT2D eigenvalue weighted by molar-refractivity contribution is 5.94. The first-order chi connectivity index (χ1) is 12.1. The zero-order chi connectivity index (χ0) is 18.1. The summed E-state index contributed by atoms with van der Waals surface area (Å²) in [7, 11) is 0. The molecule has 6 heteroatoms. The van der Waals surface area contributed by atoms with Gasteiger partial charge in [-0.25, -0.2) is 4.68 Å². The summed E-state index contributed by atoms with van der Waals surface area (Å²) in [6.45, 7) is 9.03. The minimum absolute atomic E-state index is 0.216. The van der Waals surface area contributed by atoms with Crippen molar-refractivity contribution in [1.82, 2.24) is 20.4 Å². The fourth-order valence-corrected chi connectivity index (χ4v) is 2.24. The van der Waals surface area contributed by atoms with E-state index in [1.807, 2.05) is 30.3 Å². The van der Waals surface area contributed by atoms with Gasteiger partial charge >= 0.3 is 0 Å². The van der Waals surface area contributed by atoms with E-state index in [4.69, 9.17) is 4.74 Å². The van der Waals surface area contributed by atoms with Crippen molar-refractivity contribution in [1.29, 1.82) is 0 Å². The summed E-state index contributed by atoms with van der Waals surface area (Å²) in [6, 6.07) is 9.70. The second-order valence-corrected chi connectivity index (χ2v) is 6.33. The summed E-state index contributed by atoms with van der Waals surface area (Å²) >= 11 is 0. The number of ether oxygens (including phenoxy) is 1. The normalized spacial score (nSPS) is 10.9. The average Bonchev–Trinajstić information content (AvgIpc) is 3.05. The Kier molecular flexibility index (Phi) is 7.47. The van der Waals surface area contributed by atoms with Gasteiger partial charge in [0.2, 0.25) is 0 Å². The molecule has 0 spiro atoms. The molecule has 136 valence electrons. The Morgan fingerprint density at radius 2 is 1.96 bits per heavy atom. The third kappa shape index (κ3) is 5.90. The maximum absolute atomic E-state index is 12.5. The number of benzene rings is 1. The fraction of sp³-hybridized carbons (Fsp3) is 0.474. The van der Waals surface area contributed by atoms with Crippen molar-refractivity contribution in [3.63, 3.8) is 0 Å². The summed E-state index contributed by atoms with van der Waals surface area (Å²) in [5, 5.41) is 10.6. The first-order valence-corrected chi connectivity index (χ1v) is 8.88. The van der Waals surface area contributed by atoms with Gasteiger partial charge in [0, 0.05) is 13.1 Å². The summed E-state index contributed by atoms with van der Waals surface area (Å²) in [4.78, 5) is 12.5. The molecule has 0 atom stereocenters. The van der Waals surface area contributed by atoms with Gasteiger partial charge in [-0.3, -0.25) is 4.79 Å². The van der Waals surface area contributed by atoms with Crippen LogP contribution in [-0.4, -0.2) is 41.9 Å². The van der Waals surface area contributed by atoms with E-state index in [9.17, 15) is 4.79 Å². The highest BCUT2D eigenvalue weighted by Gasteiger charge is 2.19. The number of hydrogen-bond acceptors (Lipinski definition) is 4. The summed E-state index contributed by atoms with van der Waals surface area (Å²) < 4.78 is 7.49. The smallest absolute Gasteiger partial charge is 0.275 e. The van der Waals surface area contributed by atoms with Crippen molar-refractivity contribution in [3.8, 4) is 11.4 Å². The van der Waals surface area contributed by atoms with E-state index in [-0.39, 0.29) is 5.91 Å². The predicted molar refractivity (Wildman–Crippen MR) is 99.4 cm³/mol. The topological polar surface area (TPSA) is 68.2 Å². The van der Waals surface area contributed by atoms with Gasteiger partial charge in [-0.15, -0.1) is 0 Å². The van der Waals surface area contributed by atoms with Crippen molar-refractivity contribution in [3.05, 3.63) is 42.2 Å². The van der Waals surface area contributed by atoms with Crippen LogP contribution in [0.2, 0.25) is 0 Å². The Hall–Kier alpha value is -2.34. The summed E-state index contributed by atoms with van der Waals surface area (Å²) in [5.74, 6) is 0.664. The molecule has 1 heterocycles. The summed E-state index contributed by atoms with van der Waals surface area (Å²) in [6.07, 6.45) is 2.84. The van der Waals surface area contributed by atoms with Crippen molar-refractivity contribution < 1.29 is 9.53 Å². The van der Waals surface area contributed by atoms with E-state index < -0.39 is 0 Å². The van der Waals surface area contributed by atoms with Gasteiger partial charge in [-0.05, 0) is 31.0 Å². The lowest BCUT2D eigenvalue weighted by Gasteiger charge is -2.08. The van der Waals surface area contributed by atoms with Crippen molar-refractivity contribution in [2.75, 3.05) is 26.2 Å². The van der Waals surface area contributed by atoms with E-state index >= 15 is 0 Å². The second-order valence-electron chi connectivity index (χ2n) is 6.33. The van der Waals surface area contributed by atoms with Gasteiger partial charge in [0.05, 0.1) is 18.5 Å². The van der Waals surface area contributed by atoms with Gasteiger partial charge in [-0.2, -0.15) is 5.10 Å². The van der Waals surface area contributed by atoms with Crippen LogP contribution in [0.5, 0.6) is 5.75 Å². The molecule has 6 nitrogen and oxygen atoms in total. The number of nitrogens with one attached hydrogen (secondary N) is 2. The number of nitrogens with zero attached hydrogens (tertiary/aromatic N) is 2. The lowest BCUT2D eigenvalue weighted by atomic mass is 10.2. The van der Waals surface area contributed by atoms with E-state index in [0.717, 1.165) is 25.2 Å². The Labute approximate surface area is 149 Å². The van der Waals surface area contributed by atoms with Crippen LogP contribution in [0.1, 0.15) is 37.7 Å². The third-order valence-electron chi connectivity index (χ3n) is 3.50. The molecular formula is C19H28N4O2. The lowest BCUT2D eigenvalue weighted by Crippen LogP contribution is -2.32. The Balaban J connectivity index is 2.10. The minimum atomic E-state index is -0.216. The molecule has 0 saturated carbocycles. The van der Waals surface area contributed by atoms with E-state index in [0.29, 0.717) is 30.5 Å². The minimum Gasteiger partial charge on any atom is -0.489 e. The number of para-hydroxylation sites is 1. The third-order valence-corrected chi connectivity index (χ3v) is 3.50. The SMILES string of the molecule is CCCNCCNC(=O)c1nn(-c2ccccc2)cc1OCC(C)C. The molecule has 2 aromatic rings. The van der Waals surface area contributed by atoms with Gasteiger partial charge in [0.15, 0.2) is 11.4 Å².